The molecule has 31 heavy (non-hydrogen) atoms. The number of amides is 1. The second kappa shape index (κ2) is 10.6. The summed E-state index contributed by atoms with van der Waals surface area (Å²) in [5.41, 5.74) is 4.43. The Morgan fingerprint density at radius 3 is 2.58 bits per heavy atom. The van der Waals surface area contributed by atoms with E-state index in [0.717, 1.165) is 5.56 Å². The van der Waals surface area contributed by atoms with Crippen molar-refractivity contribution in [3.63, 3.8) is 0 Å². The number of nitrogens with zero attached hydrogens (tertiary/aromatic N) is 1. The van der Waals surface area contributed by atoms with Crippen molar-refractivity contribution >= 4 is 23.8 Å². The van der Waals surface area contributed by atoms with Crippen LogP contribution in [0.1, 0.15) is 23.0 Å². The predicted molar refractivity (Wildman–Crippen MR) is 117 cm³/mol. The number of ether oxygens (including phenoxy) is 2. The van der Waals surface area contributed by atoms with Gasteiger partial charge in [0.2, 0.25) is 0 Å². The van der Waals surface area contributed by atoms with Crippen LogP contribution < -0.4 is 15.5 Å². The maximum absolute atomic E-state index is 12.0. The van der Waals surface area contributed by atoms with Crippen LogP contribution in [0.2, 0.25) is 0 Å². The van der Waals surface area contributed by atoms with Gasteiger partial charge in [0.25, 0.3) is 5.91 Å². The van der Waals surface area contributed by atoms with Crippen LogP contribution in [0.5, 0.6) is 5.75 Å². The third-order valence-corrected chi connectivity index (χ3v) is 4.23. The molecular weight excluding hydrogens is 398 g/mol. The molecule has 0 unspecified atom stereocenters. The van der Waals surface area contributed by atoms with Gasteiger partial charge in [0.1, 0.15) is 17.3 Å². The highest BCUT2D eigenvalue weighted by Crippen LogP contribution is 2.23. The van der Waals surface area contributed by atoms with Crippen molar-refractivity contribution in [2.75, 3.05) is 25.6 Å². The molecule has 3 aromatic rings. The van der Waals surface area contributed by atoms with Gasteiger partial charge in [-0.05, 0) is 43.3 Å². The van der Waals surface area contributed by atoms with Crippen LogP contribution in [0.15, 0.2) is 70.2 Å². The van der Waals surface area contributed by atoms with Gasteiger partial charge in [0, 0.05) is 5.56 Å². The molecule has 2 aromatic carbocycles. The molecule has 0 radical (unpaired) electrons. The number of para-hydroxylation sites is 2. The van der Waals surface area contributed by atoms with Gasteiger partial charge < -0.3 is 19.2 Å². The molecule has 0 saturated heterocycles. The summed E-state index contributed by atoms with van der Waals surface area (Å²) in [7, 11) is 1.57. The summed E-state index contributed by atoms with van der Waals surface area (Å²) in [4.78, 5) is 23.7. The minimum Gasteiger partial charge on any atom is -0.495 e. The molecule has 1 aromatic heterocycles. The molecule has 1 amide bonds. The Balaban J connectivity index is 1.52. The number of anilines is 1. The number of carbonyl (C=O) groups is 2. The Bertz CT molecular complexity index is 1060. The lowest BCUT2D eigenvalue weighted by atomic mass is 10.1. The van der Waals surface area contributed by atoms with E-state index in [-0.39, 0.29) is 18.4 Å². The van der Waals surface area contributed by atoms with Crippen LogP contribution in [0.25, 0.3) is 11.3 Å². The molecule has 0 saturated carbocycles. The third kappa shape index (κ3) is 5.96. The average molecular weight is 421 g/mol. The third-order valence-electron chi connectivity index (χ3n) is 4.23. The Labute approximate surface area is 179 Å². The molecule has 0 spiro atoms. The SMILES string of the molecule is CCOC(=O)c1ccc(-c2ccc(/C=N\NC(=O)CNc3ccccc3OC)o2)cc1. The normalized spacial score (nSPS) is 10.6. The van der Waals surface area contributed by atoms with Crippen molar-refractivity contribution in [2.24, 2.45) is 5.10 Å². The fourth-order valence-corrected chi connectivity index (χ4v) is 2.74. The van der Waals surface area contributed by atoms with Crippen molar-refractivity contribution in [1.82, 2.24) is 5.43 Å². The van der Waals surface area contributed by atoms with E-state index in [4.69, 9.17) is 13.9 Å². The number of hydrogen-bond acceptors (Lipinski definition) is 7. The molecule has 1 heterocycles. The van der Waals surface area contributed by atoms with E-state index < -0.39 is 0 Å². The second-order valence-electron chi connectivity index (χ2n) is 6.35. The minimum absolute atomic E-state index is 0.0356. The van der Waals surface area contributed by atoms with E-state index in [2.05, 4.69) is 15.8 Å². The standard InChI is InChI=1S/C23H23N3O5/c1-3-30-23(28)17-10-8-16(9-11-17)20-13-12-18(31-20)14-25-26-22(27)15-24-19-6-4-5-7-21(19)29-2/h4-14,24H,3,15H2,1-2H3,(H,26,27)/b25-14-. The Hall–Kier alpha value is -4.07. The van der Waals surface area contributed by atoms with E-state index in [0.29, 0.717) is 35.1 Å². The van der Waals surface area contributed by atoms with Crippen molar-refractivity contribution in [3.05, 3.63) is 72.0 Å². The number of carbonyl (C=O) groups excluding carboxylic acids is 2. The lowest BCUT2D eigenvalue weighted by Crippen LogP contribution is -2.26. The van der Waals surface area contributed by atoms with Crippen LogP contribution in [0, 0.1) is 0 Å². The molecule has 0 bridgehead atoms. The fourth-order valence-electron chi connectivity index (χ4n) is 2.74. The number of benzene rings is 2. The van der Waals surface area contributed by atoms with E-state index in [1.54, 1.807) is 56.5 Å². The molecule has 0 fully saturated rings. The van der Waals surface area contributed by atoms with Crippen molar-refractivity contribution in [2.45, 2.75) is 6.92 Å². The smallest absolute Gasteiger partial charge is 0.338 e. The molecule has 2 N–H and O–H groups in total. The largest absolute Gasteiger partial charge is 0.495 e. The van der Waals surface area contributed by atoms with Gasteiger partial charge in [-0.15, -0.1) is 0 Å². The molecule has 0 atom stereocenters. The Morgan fingerprint density at radius 1 is 1.06 bits per heavy atom. The fraction of sp³-hybridized carbons (Fsp3) is 0.174. The molecule has 0 aliphatic carbocycles. The molecule has 8 heteroatoms. The molecule has 0 aliphatic rings. The summed E-state index contributed by atoms with van der Waals surface area (Å²) in [6.45, 7) is 2.13. The maximum Gasteiger partial charge on any atom is 0.338 e. The average Bonchev–Trinajstić information content (AvgIpc) is 3.27. The van der Waals surface area contributed by atoms with Crippen LogP contribution in [0.4, 0.5) is 5.69 Å². The van der Waals surface area contributed by atoms with E-state index in [1.807, 2.05) is 18.2 Å². The number of esters is 1. The molecule has 8 nitrogen and oxygen atoms in total. The van der Waals surface area contributed by atoms with Crippen LogP contribution in [-0.2, 0) is 9.53 Å². The Kier molecular flexibility index (Phi) is 7.42. The first-order valence-electron chi connectivity index (χ1n) is 9.67. The zero-order chi connectivity index (χ0) is 22.1. The molecule has 0 aliphatic heterocycles. The van der Waals surface area contributed by atoms with Gasteiger partial charge in [-0.25, -0.2) is 10.2 Å². The lowest BCUT2D eigenvalue weighted by Gasteiger charge is -2.09. The van der Waals surface area contributed by atoms with Gasteiger partial charge >= 0.3 is 5.97 Å². The topological polar surface area (TPSA) is 102 Å². The quantitative estimate of drug-likeness (QED) is 0.310. The summed E-state index contributed by atoms with van der Waals surface area (Å²) in [6.07, 6.45) is 1.41. The number of hydrogen-bond donors (Lipinski definition) is 2. The van der Waals surface area contributed by atoms with Crippen LogP contribution >= 0.6 is 0 Å². The van der Waals surface area contributed by atoms with Crippen molar-refractivity contribution in [1.29, 1.82) is 0 Å². The second-order valence-corrected chi connectivity index (χ2v) is 6.35. The van der Waals surface area contributed by atoms with Gasteiger partial charge in [0.15, 0.2) is 0 Å². The summed E-state index contributed by atoms with van der Waals surface area (Å²) >= 11 is 0. The van der Waals surface area contributed by atoms with E-state index in [1.165, 1.54) is 6.21 Å². The highest BCUT2D eigenvalue weighted by molar-refractivity contribution is 5.90. The van der Waals surface area contributed by atoms with Crippen molar-refractivity contribution < 1.29 is 23.5 Å². The summed E-state index contributed by atoms with van der Waals surface area (Å²) in [5.74, 6) is 1.06. The van der Waals surface area contributed by atoms with Gasteiger partial charge in [-0.3, -0.25) is 4.79 Å². The maximum atomic E-state index is 12.0. The van der Waals surface area contributed by atoms with E-state index in [9.17, 15) is 9.59 Å². The highest BCUT2D eigenvalue weighted by Gasteiger charge is 2.09. The number of furan rings is 1. The van der Waals surface area contributed by atoms with Gasteiger partial charge in [0.05, 0.1) is 37.7 Å². The predicted octanol–water partition coefficient (Wildman–Crippen LogP) is 3.69. The summed E-state index contributed by atoms with van der Waals surface area (Å²) < 4.78 is 15.9. The molecular formula is C23H23N3O5. The lowest BCUT2D eigenvalue weighted by molar-refractivity contribution is -0.119. The summed E-state index contributed by atoms with van der Waals surface area (Å²) in [5, 5.41) is 6.90. The highest BCUT2D eigenvalue weighted by atomic mass is 16.5. The monoisotopic (exact) mass is 421 g/mol. The number of hydrazone groups is 1. The van der Waals surface area contributed by atoms with Crippen molar-refractivity contribution in [3.8, 4) is 17.1 Å². The molecule has 160 valence electrons. The van der Waals surface area contributed by atoms with E-state index >= 15 is 0 Å². The van der Waals surface area contributed by atoms with Gasteiger partial charge in [-0.2, -0.15) is 5.10 Å². The first kappa shape index (κ1) is 21.6. The van der Waals surface area contributed by atoms with Crippen LogP contribution in [0.3, 0.4) is 0 Å². The van der Waals surface area contributed by atoms with Crippen LogP contribution in [-0.4, -0.2) is 38.4 Å². The zero-order valence-electron chi connectivity index (χ0n) is 17.3. The van der Waals surface area contributed by atoms with Gasteiger partial charge in [-0.1, -0.05) is 24.3 Å². The minimum atomic E-state index is -0.364. The first-order chi connectivity index (χ1) is 15.1. The number of methoxy groups -OCH3 is 1. The summed E-state index contributed by atoms with van der Waals surface area (Å²) in [6, 6.07) is 17.7. The number of nitrogens with one attached hydrogen (secondary N) is 2. The Morgan fingerprint density at radius 2 is 1.84 bits per heavy atom. The number of rotatable bonds is 9. The molecule has 3 rings (SSSR count). The first-order valence-corrected chi connectivity index (χ1v) is 9.67. The zero-order valence-corrected chi connectivity index (χ0v) is 17.3.